The van der Waals surface area contributed by atoms with Gasteiger partial charge in [0.05, 0.1) is 6.10 Å². The topological polar surface area (TPSA) is 61.4 Å². The number of carbonyl (C=O) groups excluding carboxylic acids is 1. The normalized spacial score (nSPS) is 27.0. The molecule has 0 spiro atoms. The second kappa shape index (κ2) is 6.09. The van der Waals surface area contributed by atoms with E-state index < -0.39 is 0 Å². The largest absolute Gasteiger partial charge is 0.393 e. The van der Waals surface area contributed by atoms with Gasteiger partial charge in [0.2, 0.25) is 0 Å². The van der Waals surface area contributed by atoms with Gasteiger partial charge in [0, 0.05) is 18.5 Å². The zero-order valence-corrected chi connectivity index (χ0v) is 8.89. The summed E-state index contributed by atoms with van der Waals surface area (Å²) in [6, 6.07) is -0.0844. The van der Waals surface area contributed by atoms with Crippen LogP contribution in [0.3, 0.4) is 0 Å². The zero-order chi connectivity index (χ0) is 10.4. The van der Waals surface area contributed by atoms with Gasteiger partial charge in [-0.05, 0) is 25.7 Å². The number of aliphatic hydroxyl groups excluding tert-OH is 1. The van der Waals surface area contributed by atoms with Crippen LogP contribution in [-0.2, 0) is 0 Å². The number of carbonyl (C=O) groups is 1. The van der Waals surface area contributed by atoms with Gasteiger partial charge < -0.3 is 15.7 Å². The molecule has 0 aliphatic heterocycles. The molecule has 0 bridgehead atoms. The van der Waals surface area contributed by atoms with Crippen LogP contribution in [0.1, 0.15) is 25.7 Å². The molecule has 0 aromatic rings. The molecule has 4 nitrogen and oxygen atoms in total. The number of hydrogen-bond donors (Lipinski definition) is 3. The summed E-state index contributed by atoms with van der Waals surface area (Å²) in [5.74, 6) is 0.417. The Morgan fingerprint density at radius 1 is 1.50 bits per heavy atom. The number of hydrogen-bond acceptors (Lipinski definition) is 2. The van der Waals surface area contributed by atoms with Crippen molar-refractivity contribution in [2.75, 3.05) is 12.4 Å². The second-order valence-electron chi connectivity index (χ2n) is 3.61. The molecule has 1 fully saturated rings. The van der Waals surface area contributed by atoms with Gasteiger partial charge >= 0.3 is 6.03 Å². The average molecular weight is 221 g/mol. The highest BCUT2D eigenvalue weighted by Crippen LogP contribution is 2.17. The molecule has 14 heavy (non-hydrogen) atoms. The van der Waals surface area contributed by atoms with E-state index in [1.165, 1.54) is 0 Å². The van der Waals surface area contributed by atoms with Crippen LogP contribution in [-0.4, -0.2) is 35.7 Å². The number of amides is 2. The van der Waals surface area contributed by atoms with Gasteiger partial charge in [-0.15, -0.1) is 11.6 Å². The molecule has 1 aliphatic carbocycles. The van der Waals surface area contributed by atoms with Crippen molar-refractivity contribution in [3.8, 4) is 0 Å². The van der Waals surface area contributed by atoms with Gasteiger partial charge in [-0.3, -0.25) is 0 Å². The fourth-order valence-corrected chi connectivity index (χ4v) is 1.79. The molecule has 2 amide bonds. The van der Waals surface area contributed by atoms with Crippen molar-refractivity contribution >= 4 is 17.6 Å². The van der Waals surface area contributed by atoms with E-state index in [0.717, 1.165) is 19.3 Å². The third-order valence-corrected chi connectivity index (χ3v) is 2.55. The van der Waals surface area contributed by atoms with Gasteiger partial charge in [0.1, 0.15) is 0 Å². The first-order chi connectivity index (χ1) is 6.72. The molecule has 1 rings (SSSR count). The predicted molar refractivity (Wildman–Crippen MR) is 55.5 cm³/mol. The Labute approximate surface area is 89.0 Å². The minimum absolute atomic E-state index is 0.106. The van der Waals surface area contributed by atoms with E-state index in [4.69, 9.17) is 11.6 Å². The summed E-state index contributed by atoms with van der Waals surface area (Å²) < 4.78 is 0. The Kier molecular flexibility index (Phi) is 5.04. The summed E-state index contributed by atoms with van der Waals surface area (Å²) in [6.45, 7) is 0.475. The first-order valence-corrected chi connectivity index (χ1v) is 5.54. The number of halogens is 1. The molecule has 0 radical (unpaired) electrons. The van der Waals surface area contributed by atoms with Crippen molar-refractivity contribution in [2.24, 2.45) is 0 Å². The van der Waals surface area contributed by atoms with Crippen molar-refractivity contribution < 1.29 is 9.90 Å². The minimum atomic E-state index is -0.262. The van der Waals surface area contributed by atoms with E-state index in [0.29, 0.717) is 18.8 Å². The molecule has 0 aromatic heterocycles. The first kappa shape index (κ1) is 11.6. The van der Waals surface area contributed by atoms with Crippen molar-refractivity contribution in [3.63, 3.8) is 0 Å². The molecule has 3 N–H and O–H groups in total. The third kappa shape index (κ3) is 4.15. The van der Waals surface area contributed by atoms with E-state index in [2.05, 4.69) is 10.6 Å². The standard InChI is InChI=1S/C9H17ClN2O2/c10-4-5-11-9(14)12-7-2-1-3-8(13)6-7/h7-8,13H,1-6H2,(H2,11,12,14). The average Bonchev–Trinajstić information content (AvgIpc) is 2.15. The molecular weight excluding hydrogens is 204 g/mol. The molecule has 2 unspecified atom stereocenters. The van der Waals surface area contributed by atoms with Crippen LogP contribution in [0.5, 0.6) is 0 Å². The number of nitrogens with one attached hydrogen (secondary N) is 2. The fraction of sp³-hybridized carbons (Fsp3) is 0.889. The summed E-state index contributed by atoms with van der Waals surface area (Å²) in [6.07, 6.45) is 3.17. The van der Waals surface area contributed by atoms with Crippen LogP contribution < -0.4 is 10.6 Å². The smallest absolute Gasteiger partial charge is 0.315 e. The lowest BCUT2D eigenvalue weighted by Gasteiger charge is -2.26. The van der Waals surface area contributed by atoms with Crippen LogP contribution in [0, 0.1) is 0 Å². The van der Waals surface area contributed by atoms with Crippen molar-refractivity contribution in [1.29, 1.82) is 0 Å². The molecule has 82 valence electrons. The summed E-state index contributed by atoms with van der Waals surface area (Å²) in [5.41, 5.74) is 0. The number of rotatable bonds is 3. The van der Waals surface area contributed by atoms with Crippen LogP contribution in [0.15, 0.2) is 0 Å². The Balaban J connectivity index is 2.18. The van der Waals surface area contributed by atoms with E-state index >= 15 is 0 Å². The maximum atomic E-state index is 11.2. The second-order valence-corrected chi connectivity index (χ2v) is 3.98. The highest BCUT2D eigenvalue weighted by atomic mass is 35.5. The summed E-state index contributed by atoms with van der Waals surface area (Å²) in [4.78, 5) is 11.2. The molecule has 2 atom stereocenters. The van der Waals surface area contributed by atoms with Crippen LogP contribution in [0.2, 0.25) is 0 Å². The molecule has 1 saturated carbocycles. The van der Waals surface area contributed by atoms with Crippen LogP contribution in [0.25, 0.3) is 0 Å². The number of urea groups is 1. The van der Waals surface area contributed by atoms with Crippen LogP contribution in [0.4, 0.5) is 4.79 Å². The lowest BCUT2D eigenvalue weighted by Crippen LogP contribution is -2.45. The lowest BCUT2D eigenvalue weighted by molar-refractivity contribution is 0.113. The van der Waals surface area contributed by atoms with E-state index in [9.17, 15) is 9.90 Å². The van der Waals surface area contributed by atoms with Gasteiger partial charge in [-0.1, -0.05) is 0 Å². The Morgan fingerprint density at radius 3 is 2.93 bits per heavy atom. The quantitative estimate of drug-likeness (QED) is 0.617. The SMILES string of the molecule is O=C(NCCCl)NC1CCCC(O)C1. The Morgan fingerprint density at radius 2 is 2.29 bits per heavy atom. The predicted octanol–water partition coefficient (Wildman–Crippen LogP) is 0.828. The third-order valence-electron chi connectivity index (χ3n) is 2.36. The molecular formula is C9H17ClN2O2. The fourth-order valence-electron chi connectivity index (χ4n) is 1.69. The van der Waals surface area contributed by atoms with Crippen molar-refractivity contribution in [1.82, 2.24) is 10.6 Å². The summed E-state index contributed by atoms with van der Waals surface area (Å²) >= 11 is 5.43. The number of alkyl halides is 1. The maximum absolute atomic E-state index is 11.2. The van der Waals surface area contributed by atoms with Gasteiger partial charge in [0.25, 0.3) is 0 Å². The molecule has 5 heteroatoms. The highest BCUT2D eigenvalue weighted by molar-refractivity contribution is 6.18. The maximum Gasteiger partial charge on any atom is 0.315 e. The van der Waals surface area contributed by atoms with E-state index in [-0.39, 0.29) is 18.2 Å². The summed E-state index contributed by atoms with van der Waals surface area (Å²) in [7, 11) is 0. The van der Waals surface area contributed by atoms with Gasteiger partial charge in [-0.2, -0.15) is 0 Å². The Hall–Kier alpha value is -0.480. The van der Waals surface area contributed by atoms with Gasteiger partial charge in [0.15, 0.2) is 0 Å². The molecule has 1 aliphatic rings. The summed E-state index contributed by atoms with van der Waals surface area (Å²) in [5, 5.41) is 14.8. The molecule has 0 aromatic carbocycles. The highest BCUT2D eigenvalue weighted by Gasteiger charge is 2.21. The van der Waals surface area contributed by atoms with Crippen molar-refractivity contribution in [2.45, 2.75) is 37.8 Å². The molecule has 0 saturated heterocycles. The molecule has 0 heterocycles. The zero-order valence-electron chi connectivity index (χ0n) is 8.13. The Bertz CT molecular complexity index is 190. The van der Waals surface area contributed by atoms with Crippen molar-refractivity contribution in [3.05, 3.63) is 0 Å². The van der Waals surface area contributed by atoms with Crippen LogP contribution >= 0.6 is 11.6 Å². The minimum Gasteiger partial charge on any atom is -0.393 e. The monoisotopic (exact) mass is 220 g/mol. The number of aliphatic hydroxyl groups is 1. The van der Waals surface area contributed by atoms with Gasteiger partial charge in [-0.25, -0.2) is 4.79 Å². The first-order valence-electron chi connectivity index (χ1n) is 5.00. The lowest BCUT2D eigenvalue weighted by atomic mass is 9.93. The van der Waals surface area contributed by atoms with E-state index in [1.807, 2.05) is 0 Å². The van der Waals surface area contributed by atoms with E-state index in [1.54, 1.807) is 0 Å².